The van der Waals surface area contributed by atoms with Gasteiger partial charge in [0.1, 0.15) is 6.10 Å². The number of nitrogens with zero attached hydrogens (tertiary/aromatic N) is 2. The third-order valence-corrected chi connectivity index (χ3v) is 4.38. The second-order valence-corrected chi connectivity index (χ2v) is 6.20. The van der Waals surface area contributed by atoms with Crippen LogP contribution in [-0.4, -0.2) is 29.7 Å². The molecule has 0 amide bonds. The van der Waals surface area contributed by atoms with Crippen LogP contribution in [0.5, 0.6) is 0 Å². The van der Waals surface area contributed by atoms with E-state index in [1.807, 2.05) is 0 Å². The summed E-state index contributed by atoms with van der Waals surface area (Å²) in [5.74, 6) is 1.50. The maximum atomic E-state index is 5.59. The van der Waals surface area contributed by atoms with Gasteiger partial charge in [0.15, 0.2) is 5.82 Å². The van der Waals surface area contributed by atoms with Crippen molar-refractivity contribution in [2.75, 3.05) is 13.7 Å². The summed E-state index contributed by atoms with van der Waals surface area (Å²) in [6.07, 6.45) is 6.27. The van der Waals surface area contributed by atoms with Crippen LogP contribution >= 0.6 is 0 Å². The lowest BCUT2D eigenvalue weighted by atomic mass is 10.1. The molecule has 1 unspecified atom stereocenters. The van der Waals surface area contributed by atoms with E-state index >= 15 is 0 Å². The fraction of sp³-hybridized carbons (Fsp3) is 0.750. The molecule has 0 radical (unpaired) electrons. The fourth-order valence-electron chi connectivity index (χ4n) is 2.85. The van der Waals surface area contributed by atoms with Crippen LogP contribution in [-0.2, 0) is 11.2 Å². The molecule has 4 nitrogen and oxygen atoms in total. The van der Waals surface area contributed by atoms with Crippen LogP contribution in [0.3, 0.4) is 0 Å². The topological polar surface area (TPSA) is 47.0 Å². The molecule has 2 aliphatic carbocycles. The summed E-state index contributed by atoms with van der Waals surface area (Å²) >= 11 is 0. The number of aryl methyl sites for hydroxylation is 2. The van der Waals surface area contributed by atoms with E-state index in [1.165, 1.54) is 31.2 Å². The van der Waals surface area contributed by atoms with Gasteiger partial charge in [-0.1, -0.05) is 0 Å². The number of rotatable bonds is 7. The van der Waals surface area contributed by atoms with Crippen molar-refractivity contribution in [2.45, 2.75) is 58.1 Å². The summed E-state index contributed by atoms with van der Waals surface area (Å²) in [6.45, 7) is 5.24. The SMILES string of the molecule is COC(c1nc(C)c(CCNC2CC2)c(C)n1)C1CC1. The molecule has 2 aliphatic rings. The highest BCUT2D eigenvalue weighted by molar-refractivity contribution is 5.25. The Bertz CT molecular complexity index is 458. The predicted molar refractivity (Wildman–Crippen MR) is 78.7 cm³/mol. The third-order valence-electron chi connectivity index (χ3n) is 4.38. The molecular weight excluding hydrogens is 250 g/mol. The average molecular weight is 275 g/mol. The first-order chi connectivity index (χ1) is 9.69. The molecule has 4 heteroatoms. The zero-order valence-corrected chi connectivity index (χ0v) is 12.8. The highest BCUT2D eigenvalue weighted by Crippen LogP contribution is 2.42. The zero-order valence-electron chi connectivity index (χ0n) is 12.8. The van der Waals surface area contributed by atoms with Gasteiger partial charge in [-0.15, -0.1) is 0 Å². The van der Waals surface area contributed by atoms with Gasteiger partial charge in [-0.3, -0.25) is 0 Å². The van der Waals surface area contributed by atoms with Crippen molar-refractivity contribution in [2.24, 2.45) is 5.92 Å². The Hall–Kier alpha value is -1.00. The number of hydrogen-bond acceptors (Lipinski definition) is 4. The molecule has 110 valence electrons. The van der Waals surface area contributed by atoms with E-state index in [-0.39, 0.29) is 6.10 Å². The van der Waals surface area contributed by atoms with E-state index in [0.717, 1.165) is 36.2 Å². The quantitative estimate of drug-likeness (QED) is 0.830. The van der Waals surface area contributed by atoms with Crippen LogP contribution in [0.4, 0.5) is 0 Å². The minimum absolute atomic E-state index is 0.0889. The van der Waals surface area contributed by atoms with Crippen LogP contribution in [0.15, 0.2) is 0 Å². The molecule has 3 rings (SSSR count). The molecule has 0 saturated heterocycles. The Kier molecular flexibility index (Phi) is 4.03. The Morgan fingerprint density at radius 1 is 1.15 bits per heavy atom. The van der Waals surface area contributed by atoms with Crippen LogP contribution in [0.25, 0.3) is 0 Å². The monoisotopic (exact) mass is 275 g/mol. The van der Waals surface area contributed by atoms with E-state index in [0.29, 0.717) is 5.92 Å². The maximum Gasteiger partial charge on any atom is 0.157 e. The van der Waals surface area contributed by atoms with Gasteiger partial charge in [-0.25, -0.2) is 9.97 Å². The van der Waals surface area contributed by atoms with Gasteiger partial charge in [0.25, 0.3) is 0 Å². The number of hydrogen-bond donors (Lipinski definition) is 1. The van der Waals surface area contributed by atoms with Crippen molar-refractivity contribution in [1.82, 2.24) is 15.3 Å². The van der Waals surface area contributed by atoms with Crippen molar-refractivity contribution in [3.8, 4) is 0 Å². The van der Waals surface area contributed by atoms with Crippen molar-refractivity contribution in [3.63, 3.8) is 0 Å². The lowest BCUT2D eigenvalue weighted by Gasteiger charge is -2.16. The highest BCUT2D eigenvalue weighted by atomic mass is 16.5. The van der Waals surface area contributed by atoms with E-state index in [1.54, 1.807) is 7.11 Å². The van der Waals surface area contributed by atoms with E-state index in [2.05, 4.69) is 19.2 Å². The maximum absolute atomic E-state index is 5.59. The zero-order chi connectivity index (χ0) is 14.1. The molecule has 1 aromatic heterocycles. The summed E-state index contributed by atoms with van der Waals surface area (Å²) < 4.78 is 5.59. The van der Waals surface area contributed by atoms with Gasteiger partial charge in [0.05, 0.1) is 0 Å². The number of methoxy groups -OCH3 is 1. The van der Waals surface area contributed by atoms with E-state index < -0.39 is 0 Å². The molecule has 1 heterocycles. The molecule has 2 fully saturated rings. The molecule has 0 aliphatic heterocycles. The molecule has 0 aromatic carbocycles. The molecule has 1 aromatic rings. The van der Waals surface area contributed by atoms with Gasteiger partial charge >= 0.3 is 0 Å². The number of aromatic nitrogens is 2. The van der Waals surface area contributed by atoms with Crippen LogP contribution in [0.1, 0.15) is 54.6 Å². The minimum Gasteiger partial charge on any atom is -0.373 e. The minimum atomic E-state index is 0.0889. The Morgan fingerprint density at radius 2 is 1.80 bits per heavy atom. The Labute approximate surface area is 121 Å². The van der Waals surface area contributed by atoms with E-state index in [9.17, 15) is 0 Å². The van der Waals surface area contributed by atoms with Gasteiger partial charge in [0, 0.05) is 24.5 Å². The van der Waals surface area contributed by atoms with Crippen LogP contribution in [0.2, 0.25) is 0 Å². The summed E-state index contributed by atoms with van der Waals surface area (Å²) in [4.78, 5) is 9.43. The lowest BCUT2D eigenvalue weighted by molar-refractivity contribution is 0.0768. The van der Waals surface area contributed by atoms with Crippen molar-refractivity contribution in [3.05, 3.63) is 22.8 Å². The molecule has 2 saturated carbocycles. The standard InChI is InChI=1S/C16H25N3O/c1-10-14(8-9-17-13-6-7-13)11(2)19-16(18-10)15(20-3)12-4-5-12/h12-13,15,17H,4-9H2,1-3H3. The lowest BCUT2D eigenvalue weighted by Crippen LogP contribution is -2.21. The summed E-state index contributed by atoms with van der Waals surface area (Å²) in [5, 5.41) is 3.56. The van der Waals surface area contributed by atoms with Crippen molar-refractivity contribution in [1.29, 1.82) is 0 Å². The average Bonchev–Trinajstić information content (AvgIpc) is 3.26. The molecular formula is C16H25N3O. The van der Waals surface area contributed by atoms with Gasteiger partial charge in [-0.05, 0) is 64.0 Å². The number of ether oxygens (including phenoxy) is 1. The second kappa shape index (κ2) is 5.78. The van der Waals surface area contributed by atoms with Gasteiger partial charge in [-0.2, -0.15) is 0 Å². The normalized spacial score (nSPS) is 20.1. The highest BCUT2D eigenvalue weighted by Gasteiger charge is 2.34. The smallest absolute Gasteiger partial charge is 0.157 e. The molecule has 1 atom stereocenters. The Morgan fingerprint density at radius 3 is 2.30 bits per heavy atom. The Balaban J connectivity index is 1.70. The van der Waals surface area contributed by atoms with Crippen molar-refractivity contribution >= 4 is 0 Å². The van der Waals surface area contributed by atoms with Crippen LogP contribution in [0, 0.1) is 19.8 Å². The third kappa shape index (κ3) is 3.18. The molecule has 20 heavy (non-hydrogen) atoms. The summed E-state index contributed by atoms with van der Waals surface area (Å²) in [7, 11) is 1.77. The van der Waals surface area contributed by atoms with Gasteiger partial charge < -0.3 is 10.1 Å². The van der Waals surface area contributed by atoms with Crippen molar-refractivity contribution < 1.29 is 4.74 Å². The number of nitrogens with one attached hydrogen (secondary N) is 1. The first-order valence-corrected chi connectivity index (χ1v) is 7.79. The molecule has 1 N–H and O–H groups in total. The molecule has 0 bridgehead atoms. The summed E-state index contributed by atoms with van der Waals surface area (Å²) in [5.41, 5.74) is 3.54. The summed E-state index contributed by atoms with van der Waals surface area (Å²) in [6, 6.07) is 0.767. The largest absolute Gasteiger partial charge is 0.373 e. The van der Waals surface area contributed by atoms with Gasteiger partial charge in [0.2, 0.25) is 0 Å². The predicted octanol–water partition coefficient (Wildman–Crippen LogP) is 2.49. The van der Waals surface area contributed by atoms with E-state index in [4.69, 9.17) is 14.7 Å². The second-order valence-electron chi connectivity index (χ2n) is 6.20. The van der Waals surface area contributed by atoms with Crippen LogP contribution < -0.4 is 5.32 Å². The first-order valence-electron chi connectivity index (χ1n) is 7.79. The first kappa shape index (κ1) is 14.0. The fourth-order valence-corrected chi connectivity index (χ4v) is 2.85. The molecule has 0 spiro atoms.